The predicted octanol–water partition coefficient (Wildman–Crippen LogP) is 3.90. The van der Waals surface area contributed by atoms with Gasteiger partial charge in [0.1, 0.15) is 0 Å². The molecule has 0 aliphatic heterocycles. The fraction of sp³-hybridized carbons (Fsp3) is 0.471. The van der Waals surface area contributed by atoms with Gasteiger partial charge in [0.25, 0.3) is 0 Å². The minimum atomic E-state index is -0.0737. The minimum absolute atomic E-state index is 0.0737. The number of rotatable bonds is 3. The molecule has 2 rings (SSSR count). The van der Waals surface area contributed by atoms with Crippen LogP contribution in [0.2, 0.25) is 0 Å². The normalized spacial score (nSPS) is 12.4. The summed E-state index contributed by atoms with van der Waals surface area (Å²) in [6.45, 7) is 11.5. The molecule has 0 amide bonds. The van der Waals surface area contributed by atoms with Crippen LogP contribution in [-0.2, 0) is 5.41 Å². The molecule has 2 nitrogen and oxygen atoms in total. The van der Waals surface area contributed by atoms with Crippen molar-refractivity contribution in [1.29, 1.82) is 0 Å². The third-order valence-electron chi connectivity index (χ3n) is 3.91. The second kappa shape index (κ2) is 4.93. The molecule has 0 aliphatic rings. The Morgan fingerprint density at radius 2 is 1.89 bits per heavy atom. The molecule has 0 fully saturated rings. The van der Waals surface area contributed by atoms with Crippen LogP contribution in [0.1, 0.15) is 50.4 Å². The molecule has 0 bridgehead atoms. The Bertz CT molecular complexity index is 597. The van der Waals surface area contributed by atoms with E-state index in [4.69, 9.17) is 10.7 Å². The lowest BCUT2D eigenvalue weighted by molar-refractivity contribution is 0.523. The summed E-state index contributed by atoms with van der Waals surface area (Å²) in [6.07, 6.45) is 0. The molecular formula is C17H24N2. The summed E-state index contributed by atoms with van der Waals surface area (Å²) in [6, 6.07) is 8.76. The van der Waals surface area contributed by atoms with Gasteiger partial charge in [-0.3, -0.25) is 4.98 Å². The molecular weight excluding hydrogens is 232 g/mol. The van der Waals surface area contributed by atoms with Crippen molar-refractivity contribution < 1.29 is 0 Å². The van der Waals surface area contributed by atoms with Crippen molar-refractivity contribution in [3.8, 4) is 0 Å². The Morgan fingerprint density at radius 3 is 2.47 bits per heavy atom. The average Bonchev–Trinajstić information content (AvgIpc) is 2.38. The van der Waals surface area contributed by atoms with Crippen molar-refractivity contribution in [2.75, 3.05) is 6.54 Å². The topological polar surface area (TPSA) is 38.9 Å². The van der Waals surface area contributed by atoms with Gasteiger partial charge in [0, 0.05) is 23.0 Å². The second-order valence-corrected chi connectivity index (χ2v) is 6.34. The Kier molecular flexibility index (Phi) is 3.64. The second-order valence-electron chi connectivity index (χ2n) is 6.34. The lowest BCUT2D eigenvalue weighted by atomic mass is 9.87. The molecule has 0 saturated carbocycles. The van der Waals surface area contributed by atoms with Crippen LogP contribution < -0.4 is 5.73 Å². The molecule has 102 valence electrons. The molecule has 0 radical (unpaired) electrons. The Balaban J connectivity index is 2.63. The van der Waals surface area contributed by atoms with Crippen LogP contribution in [0.5, 0.6) is 0 Å². The van der Waals surface area contributed by atoms with E-state index in [1.807, 2.05) is 0 Å². The van der Waals surface area contributed by atoms with Crippen molar-refractivity contribution in [3.05, 3.63) is 41.1 Å². The lowest BCUT2D eigenvalue weighted by Gasteiger charge is -2.23. The van der Waals surface area contributed by atoms with Crippen molar-refractivity contribution >= 4 is 10.9 Å². The van der Waals surface area contributed by atoms with Gasteiger partial charge >= 0.3 is 0 Å². The first kappa shape index (κ1) is 14.0. The molecule has 0 saturated heterocycles. The summed E-state index contributed by atoms with van der Waals surface area (Å²) in [5, 5.41) is 1.25. The van der Waals surface area contributed by atoms with Crippen molar-refractivity contribution in [1.82, 2.24) is 4.98 Å². The number of aromatic nitrogens is 1. The van der Waals surface area contributed by atoms with E-state index >= 15 is 0 Å². The van der Waals surface area contributed by atoms with Gasteiger partial charge in [0.15, 0.2) is 0 Å². The zero-order valence-corrected chi connectivity index (χ0v) is 12.6. The number of hydrogen-bond donors (Lipinski definition) is 1. The zero-order valence-electron chi connectivity index (χ0n) is 12.6. The fourth-order valence-electron chi connectivity index (χ4n) is 2.22. The van der Waals surface area contributed by atoms with Crippen molar-refractivity contribution in [2.45, 2.75) is 46.0 Å². The maximum Gasteiger partial charge on any atom is 0.0708 e. The van der Waals surface area contributed by atoms with Gasteiger partial charge in [-0.15, -0.1) is 0 Å². The van der Waals surface area contributed by atoms with Gasteiger partial charge in [0.05, 0.1) is 5.52 Å². The van der Waals surface area contributed by atoms with Gasteiger partial charge in [-0.1, -0.05) is 33.8 Å². The Labute approximate surface area is 116 Å². The van der Waals surface area contributed by atoms with Crippen molar-refractivity contribution in [2.24, 2.45) is 5.73 Å². The van der Waals surface area contributed by atoms with E-state index in [2.05, 4.69) is 58.9 Å². The first-order chi connectivity index (χ1) is 8.85. The summed E-state index contributed by atoms with van der Waals surface area (Å²) in [5.74, 6) is 0.545. The van der Waals surface area contributed by atoms with Gasteiger partial charge < -0.3 is 5.73 Å². The molecule has 1 aromatic carbocycles. The summed E-state index contributed by atoms with van der Waals surface area (Å²) in [4.78, 5) is 4.80. The summed E-state index contributed by atoms with van der Waals surface area (Å²) < 4.78 is 0. The molecule has 0 unspecified atom stereocenters. The third-order valence-corrected chi connectivity index (χ3v) is 3.91. The Hall–Kier alpha value is -1.41. The number of nitrogens with two attached hydrogens (primary N) is 1. The van der Waals surface area contributed by atoms with E-state index < -0.39 is 0 Å². The first-order valence-electron chi connectivity index (χ1n) is 6.97. The van der Waals surface area contributed by atoms with E-state index in [0.29, 0.717) is 12.5 Å². The maximum atomic E-state index is 5.86. The highest BCUT2D eigenvalue weighted by Crippen LogP contribution is 2.27. The van der Waals surface area contributed by atoms with Crippen LogP contribution >= 0.6 is 0 Å². The van der Waals surface area contributed by atoms with Gasteiger partial charge in [-0.25, -0.2) is 0 Å². The van der Waals surface area contributed by atoms with E-state index in [0.717, 1.165) is 11.2 Å². The highest BCUT2D eigenvalue weighted by Gasteiger charge is 2.21. The van der Waals surface area contributed by atoms with Crippen LogP contribution in [0.4, 0.5) is 0 Å². The molecule has 1 aromatic heterocycles. The number of pyridine rings is 1. The highest BCUT2D eigenvalue weighted by atomic mass is 14.7. The molecule has 0 aliphatic carbocycles. The number of hydrogen-bond acceptors (Lipinski definition) is 2. The number of aryl methyl sites for hydroxylation is 1. The van der Waals surface area contributed by atoms with Gasteiger partial charge in [0.2, 0.25) is 0 Å². The number of fused-ring (bicyclic) bond motifs is 1. The largest absolute Gasteiger partial charge is 0.330 e. The molecule has 19 heavy (non-hydrogen) atoms. The number of benzene rings is 1. The predicted molar refractivity (Wildman–Crippen MR) is 82.6 cm³/mol. The van der Waals surface area contributed by atoms with Crippen molar-refractivity contribution in [3.63, 3.8) is 0 Å². The molecule has 2 aromatic rings. The van der Waals surface area contributed by atoms with Crippen LogP contribution in [0.25, 0.3) is 10.9 Å². The monoisotopic (exact) mass is 256 g/mol. The van der Waals surface area contributed by atoms with E-state index in [-0.39, 0.29) is 5.41 Å². The first-order valence-corrected chi connectivity index (χ1v) is 6.97. The van der Waals surface area contributed by atoms with Gasteiger partial charge in [-0.2, -0.15) is 0 Å². The van der Waals surface area contributed by atoms with Crippen LogP contribution in [-0.4, -0.2) is 11.5 Å². The lowest BCUT2D eigenvalue weighted by Crippen LogP contribution is -2.29. The summed E-state index contributed by atoms with van der Waals surface area (Å²) in [7, 11) is 0. The maximum absolute atomic E-state index is 5.86. The summed E-state index contributed by atoms with van der Waals surface area (Å²) in [5.41, 5.74) is 10.6. The Morgan fingerprint density at radius 1 is 1.21 bits per heavy atom. The molecule has 0 spiro atoms. The highest BCUT2D eigenvalue weighted by molar-refractivity contribution is 5.83. The zero-order chi connectivity index (χ0) is 14.2. The molecule has 0 atom stereocenters. The number of nitrogens with zero attached hydrogens (tertiary/aromatic N) is 1. The molecule has 2 N–H and O–H groups in total. The quantitative estimate of drug-likeness (QED) is 0.904. The fourth-order valence-corrected chi connectivity index (χ4v) is 2.22. The average molecular weight is 256 g/mol. The van der Waals surface area contributed by atoms with E-state index in [1.165, 1.54) is 16.5 Å². The SMILES string of the molecule is Cc1cc(C(C)(C)CN)nc2ccc(C(C)C)cc12. The molecule has 2 heteroatoms. The standard InChI is InChI=1S/C17H24N2/c1-11(2)13-6-7-15-14(9-13)12(3)8-16(19-15)17(4,5)10-18/h6-9,11H,10,18H2,1-5H3. The molecule has 1 heterocycles. The van der Waals surface area contributed by atoms with E-state index in [1.54, 1.807) is 0 Å². The van der Waals surface area contributed by atoms with Crippen LogP contribution in [0.3, 0.4) is 0 Å². The third kappa shape index (κ3) is 2.64. The smallest absolute Gasteiger partial charge is 0.0708 e. The minimum Gasteiger partial charge on any atom is -0.330 e. The van der Waals surface area contributed by atoms with Crippen LogP contribution in [0.15, 0.2) is 24.3 Å². The summed E-state index contributed by atoms with van der Waals surface area (Å²) >= 11 is 0. The van der Waals surface area contributed by atoms with Crippen LogP contribution in [0, 0.1) is 6.92 Å². The van der Waals surface area contributed by atoms with E-state index in [9.17, 15) is 0 Å². The van der Waals surface area contributed by atoms with Gasteiger partial charge in [-0.05, 0) is 42.2 Å².